The highest BCUT2D eigenvalue weighted by Gasteiger charge is 2.11. The first-order valence-corrected chi connectivity index (χ1v) is 7.75. The second-order valence-corrected chi connectivity index (χ2v) is 5.32. The summed E-state index contributed by atoms with van der Waals surface area (Å²) in [6.07, 6.45) is 8.40. The van der Waals surface area contributed by atoms with Crippen molar-refractivity contribution in [1.82, 2.24) is 24.9 Å². The number of carbonyl (C=O) groups is 1. The molecule has 5 N–H and O–H groups in total. The summed E-state index contributed by atoms with van der Waals surface area (Å²) >= 11 is 0. The molecule has 0 saturated heterocycles. The van der Waals surface area contributed by atoms with Gasteiger partial charge in [0.25, 0.3) is 5.91 Å². The standard InChI is InChI=1S/C17H18N8O/c1-20-11-15(17(19)26)16(18)23-12-8-13(24-6-2-4-21-24)10-14(9-12)25-7-3-5-22-25/h2-11,20H,1H3,(H2,18,23)(H2,19,26)/b15-11+. The van der Waals surface area contributed by atoms with E-state index in [2.05, 4.69) is 20.5 Å². The maximum absolute atomic E-state index is 11.6. The van der Waals surface area contributed by atoms with Gasteiger partial charge in [0.05, 0.1) is 22.6 Å². The van der Waals surface area contributed by atoms with E-state index in [4.69, 9.17) is 11.5 Å². The monoisotopic (exact) mass is 350 g/mol. The minimum atomic E-state index is -0.670. The number of primary amides is 1. The summed E-state index contributed by atoms with van der Waals surface area (Å²) in [6, 6.07) is 9.14. The number of aromatic nitrogens is 4. The maximum atomic E-state index is 11.6. The molecule has 0 bridgehead atoms. The van der Waals surface area contributed by atoms with Crippen LogP contribution in [0.1, 0.15) is 0 Å². The van der Waals surface area contributed by atoms with Gasteiger partial charge in [-0.2, -0.15) is 10.2 Å². The predicted molar refractivity (Wildman–Crippen MR) is 98.3 cm³/mol. The molecule has 9 heteroatoms. The van der Waals surface area contributed by atoms with Gasteiger partial charge >= 0.3 is 0 Å². The number of carbonyl (C=O) groups excluding carboxylic acids is 1. The second kappa shape index (κ2) is 7.34. The molecule has 0 aliphatic heterocycles. The lowest BCUT2D eigenvalue weighted by Gasteiger charge is -2.09. The summed E-state index contributed by atoms with van der Waals surface area (Å²) < 4.78 is 3.39. The van der Waals surface area contributed by atoms with E-state index < -0.39 is 5.91 Å². The fourth-order valence-electron chi connectivity index (χ4n) is 2.37. The number of nitrogens with zero attached hydrogens (tertiary/aromatic N) is 5. The molecule has 0 unspecified atom stereocenters. The molecule has 9 nitrogen and oxygen atoms in total. The van der Waals surface area contributed by atoms with E-state index in [9.17, 15) is 4.79 Å². The van der Waals surface area contributed by atoms with Gasteiger partial charge < -0.3 is 16.8 Å². The van der Waals surface area contributed by atoms with Gasteiger partial charge in [-0.25, -0.2) is 14.4 Å². The van der Waals surface area contributed by atoms with Crippen molar-refractivity contribution < 1.29 is 4.79 Å². The summed E-state index contributed by atoms with van der Waals surface area (Å²) in [5.74, 6) is -0.660. The van der Waals surface area contributed by atoms with Crippen LogP contribution in [0.25, 0.3) is 11.4 Å². The first kappa shape index (κ1) is 17.0. The molecule has 0 radical (unpaired) electrons. The molecule has 0 aliphatic rings. The molecule has 0 atom stereocenters. The summed E-state index contributed by atoms with van der Waals surface area (Å²) in [5.41, 5.74) is 13.5. The van der Waals surface area contributed by atoms with Crippen LogP contribution in [-0.4, -0.2) is 38.4 Å². The van der Waals surface area contributed by atoms with Crippen molar-refractivity contribution in [3.8, 4) is 11.4 Å². The molecule has 0 aliphatic carbocycles. The van der Waals surface area contributed by atoms with Crippen molar-refractivity contribution in [1.29, 1.82) is 0 Å². The fraction of sp³-hybridized carbons (Fsp3) is 0.0588. The Kier molecular flexibility index (Phi) is 4.79. The minimum Gasteiger partial charge on any atom is -0.393 e. The molecule has 1 amide bonds. The highest BCUT2D eigenvalue weighted by molar-refractivity contribution is 6.20. The van der Waals surface area contributed by atoms with E-state index in [1.54, 1.807) is 40.9 Å². The van der Waals surface area contributed by atoms with Crippen LogP contribution in [0.15, 0.2) is 71.9 Å². The lowest BCUT2D eigenvalue weighted by molar-refractivity contribution is -0.114. The molecule has 0 fully saturated rings. The van der Waals surface area contributed by atoms with Gasteiger partial charge in [0, 0.05) is 38.0 Å². The fourth-order valence-corrected chi connectivity index (χ4v) is 2.37. The smallest absolute Gasteiger partial charge is 0.253 e. The topological polar surface area (TPSA) is 129 Å². The van der Waals surface area contributed by atoms with Gasteiger partial charge in [0.2, 0.25) is 0 Å². The van der Waals surface area contributed by atoms with Crippen molar-refractivity contribution in [2.24, 2.45) is 16.5 Å². The first-order chi connectivity index (χ1) is 12.6. The predicted octanol–water partition coefficient (Wildman–Crippen LogP) is 0.635. The summed E-state index contributed by atoms with van der Waals surface area (Å²) in [5, 5.41) is 11.2. The number of hydrogen-bond donors (Lipinski definition) is 3. The molecule has 2 aromatic heterocycles. The molecule has 3 rings (SSSR count). The van der Waals surface area contributed by atoms with Crippen LogP contribution >= 0.6 is 0 Å². The number of amides is 1. The number of aliphatic imine (C=N–C) groups is 1. The number of hydrogen-bond acceptors (Lipinski definition) is 5. The number of rotatable bonds is 6. The van der Waals surface area contributed by atoms with Crippen LogP contribution in [0.2, 0.25) is 0 Å². The lowest BCUT2D eigenvalue weighted by atomic mass is 10.2. The molecule has 2 heterocycles. The van der Waals surface area contributed by atoms with Crippen LogP contribution in [0.4, 0.5) is 5.69 Å². The van der Waals surface area contributed by atoms with E-state index in [0.29, 0.717) is 5.69 Å². The van der Waals surface area contributed by atoms with Crippen molar-refractivity contribution in [3.63, 3.8) is 0 Å². The Labute approximate surface area is 149 Å². The molecular formula is C17H18N8O. The summed E-state index contributed by atoms with van der Waals surface area (Å²) in [7, 11) is 1.64. The van der Waals surface area contributed by atoms with Gasteiger partial charge in [0.15, 0.2) is 0 Å². The van der Waals surface area contributed by atoms with E-state index in [-0.39, 0.29) is 11.4 Å². The Balaban J connectivity index is 2.10. The Bertz CT molecular complexity index is 902. The normalized spacial score (nSPS) is 12.2. The molecule has 3 aromatic rings. The Morgan fingerprint density at radius 1 is 1.08 bits per heavy atom. The Morgan fingerprint density at radius 2 is 1.65 bits per heavy atom. The summed E-state index contributed by atoms with van der Waals surface area (Å²) in [6.45, 7) is 0. The number of benzene rings is 1. The van der Waals surface area contributed by atoms with Gasteiger partial charge in [-0.15, -0.1) is 0 Å². The number of amidine groups is 1. The molecule has 0 saturated carbocycles. The van der Waals surface area contributed by atoms with Crippen molar-refractivity contribution >= 4 is 17.4 Å². The molecule has 0 spiro atoms. The molecule has 1 aromatic carbocycles. The van der Waals surface area contributed by atoms with Crippen molar-refractivity contribution in [2.75, 3.05) is 7.05 Å². The maximum Gasteiger partial charge on any atom is 0.253 e. The zero-order valence-corrected chi connectivity index (χ0v) is 14.1. The quantitative estimate of drug-likeness (QED) is 0.341. The van der Waals surface area contributed by atoms with Crippen LogP contribution in [0.3, 0.4) is 0 Å². The Morgan fingerprint density at radius 3 is 2.08 bits per heavy atom. The van der Waals surface area contributed by atoms with Gasteiger partial charge in [-0.3, -0.25) is 4.79 Å². The number of nitrogens with two attached hydrogens (primary N) is 2. The van der Waals surface area contributed by atoms with Crippen LogP contribution in [0.5, 0.6) is 0 Å². The third-order valence-electron chi connectivity index (χ3n) is 3.50. The largest absolute Gasteiger partial charge is 0.393 e. The molecular weight excluding hydrogens is 332 g/mol. The van der Waals surface area contributed by atoms with Crippen molar-refractivity contribution in [2.45, 2.75) is 0 Å². The molecule has 26 heavy (non-hydrogen) atoms. The van der Waals surface area contributed by atoms with Gasteiger partial charge in [-0.1, -0.05) is 0 Å². The second-order valence-electron chi connectivity index (χ2n) is 5.32. The van der Waals surface area contributed by atoms with E-state index in [1.807, 2.05) is 30.6 Å². The zero-order valence-electron chi connectivity index (χ0n) is 14.1. The third-order valence-corrected chi connectivity index (χ3v) is 3.50. The van der Waals surface area contributed by atoms with E-state index in [0.717, 1.165) is 11.4 Å². The highest BCUT2D eigenvalue weighted by atomic mass is 16.1. The first-order valence-electron chi connectivity index (χ1n) is 7.75. The zero-order chi connectivity index (χ0) is 18.5. The molecule has 132 valence electrons. The lowest BCUT2D eigenvalue weighted by Crippen LogP contribution is -2.27. The third kappa shape index (κ3) is 3.61. The average molecular weight is 350 g/mol. The SMILES string of the molecule is CN/C=C(/C(N)=O)C(N)=Nc1cc(-n2cccn2)cc(-n2cccn2)c1. The minimum absolute atomic E-state index is 0.0101. The van der Waals surface area contributed by atoms with E-state index >= 15 is 0 Å². The van der Waals surface area contributed by atoms with Gasteiger partial charge in [0.1, 0.15) is 5.84 Å². The Hall–Kier alpha value is -3.88. The van der Waals surface area contributed by atoms with Crippen molar-refractivity contribution in [3.05, 3.63) is 66.9 Å². The van der Waals surface area contributed by atoms with E-state index in [1.165, 1.54) is 6.20 Å². The number of nitrogens with one attached hydrogen (secondary N) is 1. The van der Waals surface area contributed by atoms with Crippen LogP contribution < -0.4 is 16.8 Å². The van der Waals surface area contributed by atoms with Crippen LogP contribution in [-0.2, 0) is 4.79 Å². The van der Waals surface area contributed by atoms with Crippen LogP contribution in [0, 0.1) is 0 Å². The average Bonchev–Trinajstić information content (AvgIpc) is 3.32. The summed E-state index contributed by atoms with van der Waals surface area (Å²) in [4.78, 5) is 15.9. The highest BCUT2D eigenvalue weighted by Crippen LogP contribution is 2.23. The van der Waals surface area contributed by atoms with Gasteiger partial charge in [-0.05, 0) is 30.3 Å².